The summed E-state index contributed by atoms with van der Waals surface area (Å²) in [5.41, 5.74) is 9.39. The normalized spacial score (nSPS) is 11.3. The van der Waals surface area contributed by atoms with Gasteiger partial charge in [-0.25, -0.2) is 4.39 Å². The van der Waals surface area contributed by atoms with Gasteiger partial charge in [-0.2, -0.15) is 5.10 Å². The molecule has 2 heterocycles. The summed E-state index contributed by atoms with van der Waals surface area (Å²) >= 11 is 0. The lowest BCUT2D eigenvalue weighted by Crippen LogP contribution is -1.90. The first-order chi connectivity index (χ1) is 8.58. The van der Waals surface area contributed by atoms with Gasteiger partial charge in [-0.1, -0.05) is 0 Å². The number of aromatic nitrogens is 3. The van der Waals surface area contributed by atoms with Gasteiger partial charge in [0, 0.05) is 29.8 Å². The van der Waals surface area contributed by atoms with Gasteiger partial charge in [-0.15, -0.1) is 0 Å². The van der Waals surface area contributed by atoms with E-state index in [0.717, 1.165) is 27.9 Å². The van der Waals surface area contributed by atoms with Crippen molar-refractivity contribution in [2.75, 3.05) is 5.73 Å². The summed E-state index contributed by atoms with van der Waals surface area (Å²) in [5.74, 6) is 0.210. The summed E-state index contributed by atoms with van der Waals surface area (Å²) in [6.07, 6.45) is 0. The van der Waals surface area contributed by atoms with Crippen LogP contribution < -0.4 is 5.73 Å². The van der Waals surface area contributed by atoms with Crippen molar-refractivity contribution >= 4 is 16.7 Å². The topological polar surface area (TPSA) is 59.6 Å². The molecule has 0 aliphatic rings. The molecule has 4 nitrogen and oxygen atoms in total. The second-order valence-electron chi connectivity index (χ2n) is 4.39. The molecule has 0 aliphatic heterocycles. The van der Waals surface area contributed by atoms with E-state index in [2.05, 4.69) is 10.2 Å². The highest BCUT2D eigenvalue weighted by Crippen LogP contribution is 2.33. The predicted molar refractivity (Wildman–Crippen MR) is 69.6 cm³/mol. The van der Waals surface area contributed by atoms with Gasteiger partial charge in [-0.3, -0.25) is 5.10 Å². The number of halogens is 1. The van der Waals surface area contributed by atoms with Crippen molar-refractivity contribution < 1.29 is 4.39 Å². The number of fused-ring (bicyclic) bond motifs is 1. The second-order valence-corrected chi connectivity index (χ2v) is 4.39. The fourth-order valence-electron chi connectivity index (χ4n) is 2.34. The first-order valence-electron chi connectivity index (χ1n) is 5.63. The molecule has 0 atom stereocenters. The van der Waals surface area contributed by atoms with Gasteiger partial charge in [0.15, 0.2) is 0 Å². The predicted octanol–water partition coefficient (Wildman–Crippen LogP) is 2.60. The molecule has 0 spiro atoms. The molecule has 0 aliphatic carbocycles. The Labute approximate surface area is 103 Å². The molecule has 0 saturated heterocycles. The summed E-state index contributed by atoms with van der Waals surface area (Å²) in [7, 11) is 1.92. The summed E-state index contributed by atoms with van der Waals surface area (Å²) < 4.78 is 15.3. The number of rotatable bonds is 1. The van der Waals surface area contributed by atoms with E-state index in [0.29, 0.717) is 5.82 Å². The fourth-order valence-corrected chi connectivity index (χ4v) is 2.34. The van der Waals surface area contributed by atoms with Crippen LogP contribution in [0.3, 0.4) is 0 Å². The van der Waals surface area contributed by atoms with Crippen molar-refractivity contribution in [3.8, 4) is 11.3 Å². The zero-order valence-corrected chi connectivity index (χ0v) is 10.2. The molecule has 3 N–H and O–H groups in total. The smallest absolute Gasteiger partial charge is 0.145 e. The maximum atomic E-state index is 13.3. The summed E-state index contributed by atoms with van der Waals surface area (Å²) in [6, 6.07) is 6.56. The van der Waals surface area contributed by atoms with E-state index >= 15 is 0 Å². The van der Waals surface area contributed by atoms with Crippen LogP contribution in [0, 0.1) is 12.7 Å². The molecule has 3 aromatic rings. The van der Waals surface area contributed by atoms with E-state index in [9.17, 15) is 4.39 Å². The minimum absolute atomic E-state index is 0.237. The number of benzene rings is 1. The third kappa shape index (κ3) is 1.40. The van der Waals surface area contributed by atoms with Crippen molar-refractivity contribution in [1.82, 2.24) is 14.8 Å². The highest BCUT2D eigenvalue weighted by molar-refractivity contribution is 5.97. The molecule has 0 bridgehead atoms. The average Bonchev–Trinajstić information content (AvgIpc) is 2.85. The Kier molecular flexibility index (Phi) is 2.16. The zero-order chi connectivity index (χ0) is 12.9. The second kappa shape index (κ2) is 3.60. The van der Waals surface area contributed by atoms with Gasteiger partial charge in [0.1, 0.15) is 11.6 Å². The zero-order valence-electron chi connectivity index (χ0n) is 10.2. The number of H-pyrrole nitrogens is 1. The third-order valence-corrected chi connectivity index (χ3v) is 3.32. The van der Waals surface area contributed by atoms with Crippen LogP contribution in [0.5, 0.6) is 0 Å². The Hall–Kier alpha value is -2.30. The highest BCUT2D eigenvalue weighted by atomic mass is 19.1. The molecule has 0 amide bonds. The molecular weight excluding hydrogens is 231 g/mol. The lowest BCUT2D eigenvalue weighted by Gasteiger charge is -1.99. The Morgan fingerprint density at radius 3 is 2.78 bits per heavy atom. The van der Waals surface area contributed by atoms with E-state index in [-0.39, 0.29) is 5.82 Å². The maximum absolute atomic E-state index is 13.3. The van der Waals surface area contributed by atoms with Crippen molar-refractivity contribution in [2.24, 2.45) is 7.05 Å². The fraction of sp³-hybridized carbons (Fsp3) is 0.154. The number of hydrogen-bond donors (Lipinski definition) is 2. The summed E-state index contributed by atoms with van der Waals surface area (Å²) in [5, 5.41) is 7.82. The van der Waals surface area contributed by atoms with Gasteiger partial charge in [-0.05, 0) is 25.1 Å². The van der Waals surface area contributed by atoms with Crippen LogP contribution in [0.15, 0.2) is 24.3 Å². The van der Waals surface area contributed by atoms with Gasteiger partial charge in [0.25, 0.3) is 0 Å². The molecule has 2 aromatic heterocycles. The maximum Gasteiger partial charge on any atom is 0.145 e. The molecule has 1 aromatic carbocycles. The van der Waals surface area contributed by atoms with Crippen molar-refractivity contribution in [3.05, 3.63) is 35.8 Å². The first kappa shape index (κ1) is 10.8. The van der Waals surface area contributed by atoms with E-state index in [1.165, 1.54) is 12.1 Å². The number of hydrogen-bond acceptors (Lipinski definition) is 2. The number of anilines is 1. The van der Waals surface area contributed by atoms with Gasteiger partial charge in [0.05, 0.1) is 11.2 Å². The standard InChI is InChI=1S/C13H13FN4/c1-7-13(10-6-12(15)17-16-10)9-4-3-8(14)5-11(9)18(7)2/h3-6H,1-2H3,(H3,15,16,17). The van der Waals surface area contributed by atoms with Gasteiger partial charge < -0.3 is 10.3 Å². The van der Waals surface area contributed by atoms with Crippen LogP contribution >= 0.6 is 0 Å². The van der Waals surface area contributed by atoms with E-state index in [1.54, 1.807) is 12.1 Å². The number of aromatic amines is 1. The third-order valence-electron chi connectivity index (χ3n) is 3.32. The number of aryl methyl sites for hydroxylation is 1. The van der Waals surface area contributed by atoms with Crippen LogP contribution in [0.1, 0.15) is 5.69 Å². The molecule has 5 heteroatoms. The number of nitrogens with one attached hydrogen (secondary N) is 1. The number of nitrogens with zero attached hydrogens (tertiary/aromatic N) is 2. The Balaban J connectivity index is 2.39. The molecular formula is C13H13FN4. The van der Waals surface area contributed by atoms with Crippen molar-refractivity contribution in [1.29, 1.82) is 0 Å². The monoisotopic (exact) mass is 244 g/mol. The first-order valence-corrected chi connectivity index (χ1v) is 5.63. The average molecular weight is 244 g/mol. The lowest BCUT2D eigenvalue weighted by atomic mass is 10.1. The van der Waals surface area contributed by atoms with E-state index < -0.39 is 0 Å². The molecule has 0 unspecified atom stereocenters. The Morgan fingerprint density at radius 2 is 2.11 bits per heavy atom. The lowest BCUT2D eigenvalue weighted by molar-refractivity contribution is 0.629. The van der Waals surface area contributed by atoms with E-state index in [1.807, 2.05) is 18.5 Å². The largest absolute Gasteiger partial charge is 0.382 e. The van der Waals surface area contributed by atoms with Crippen LogP contribution in [0.2, 0.25) is 0 Å². The van der Waals surface area contributed by atoms with Crippen LogP contribution in [-0.4, -0.2) is 14.8 Å². The van der Waals surface area contributed by atoms with E-state index in [4.69, 9.17) is 5.73 Å². The Bertz CT molecular complexity index is 739. The van der Waals surface area contributed by atoms with Crippen LogP contribution in [0.4, 0.5) is 10.2 Å². The molecule has 0 fully saturated rings. The molecule has 0 radical (unpaired) electrons. The quantitative estimate of drug-likeness (QED) is 0.691. The molecule has 18 heavy (non-hydrogen) atoms. The highest BCUT2D eigenvalue weighted by Gasteiger charge is 2.15. The molecule has 3 rings (SSSR count). The summed E-state index contributed by atoms with van der Waals surface area (Å²) in [4.78, 5) is 0. The van der Waals surface area contributed by atoms with Crippen LogP contribution in [-0.2, 0) is 7.05 Å². The SMILES string of the molecule is Cc1c(-c2cc(N)n[nH]2)c2ccc(F)cc2n1C. The minimum atomic E-state index is -0.237. The number of nitrogens with two attached hydrogens (primary N) is 1. The number of nitrogen functional groups attached to an aromatic ring is 1. The summed E-state index contributed by atoms with van der Waals surface area (Å²) in [6.45, 7) is 1.99. The molecule has 92 valence electrons. The Morgan fingerprint density at radius 1 is 1.33 bits per heavy atom. The molecule has 0 saturated carbocycles. The van der Waals surface area contributed by atoms with Crippen molar-refractivity contribution in [3.63, 3.8) is 0 Å². The van der Waals surface area contributed by atoms with Gasteiger partial charge >= 0.3 is 0 Å². The van der Waals surface area contributed by atoms with Crippen LogP contribution in [0.25, 0.3) is 22.2 Å². The minimum Gasteiger partial charge on any atom is -0.382 e. The van der Waals surface area contributed by atoms with Gasteiger partial charge in [0.2, 0.25) is 0 Å². The van der Waals surface area contributed by atoms with Crippen molar-refractivity contribution in [2.45, 2.75) is 6.92 Å².